The summed E-state index contributed by atoms with van der Waals surface area (Å²) in [7, 11) is 0. The Labute approximate surface area is 175 Å². The topological polar surface area (TPSA) is 58.9 Å². The van der Waals surface area contributed by atoms with E-state index in [-0.39, 0.29) is 29.8 Å². The number of aromatic hydroxyl groups is 1. The lowest BCUT2D eigenvalue weighted by Crippen LogP contribution is -2.26. The number of aliphatic hydroxyl groups is 1. The highest BCUT2D eigenvalue weighted by Gasteiger charge is 2.28. The van der Waals surface area contributed by atoms with Gasteiger partial charge in [-0.25, -0.2) is 0 Å². The van der Waals surface area contributed by atoms with Gasteiger partial charge < -0.3 is 19.7 Å². The third-order valence-electron chi connectivity index (χ3n) is 4.84. The summed E-state index contributed by atoms with van der Waals surface area (Å²) in [5.74, 6) is 1.09. The molecule has 2 rings (SSSR count). The van der Waals surface area contributed by atoms with E-state index in [0.29, 0.717) is 6.61 Å². The molecular weight excluding hydrogens is 364 g/mol. The molecule has 0 spiro atoms. The van der Waals surface area contributed by atoms with Crippen LogP contribution in [0.4, 0.5) is 0 Å². The van der Waals surface area contributed by atoms with E-state index in [0.717, 1.165) is 28.0 Å². The van der Waals surface area contributed by atoms with Gasteiger partial charge in [0.25, 0.3) is 0 Å². The molecule has 0 heterocycles. The fourth-order valence-corrected chi connectivity index (χ4v) is 3.20. The zero-order valence-electron chi connectivity index (χ0n) is 18.9. The summed E-state index contributed by atoms with van der Waals surface area (Å²) in [5.41, 5.74) is 4.03. The molecule has 0 aliphatic rings. The van der Waals surface area contributed by atoms with Crippen LogP contribution in [0.1, 0.15) is 59.6 Å². The molecule has 0 saturated carbocycles. The molecule has 2 aromatic carbocycles. The minimum atomic E-state index is -0.674. The van der Waals surface area contributed by atoms with Crippen molar-refractivity contribution in [3.63, 3.8) is 0 Å². The van der Waals surface area contributed by atoms with Crippen molar-refractivity contribution in [2.24, 2.45) is 0 Å². The fraction of sp³-hybridized carbons (Fsp3) is 0.520. The molecule has 4 heteroatoms. The quantitative estimate of drug-likeness (QED) is 0.650. The maximum atomic E-state index is 10.2. The highest BCUT2D eigenvalue weighted by atomic mass is 16.5. The zero-order chi connectivity index (χ0) is 21.8. The molecule has 0 saturated heterocycles. The van der Waals surface area contributed by atoms with Crippen LogP contribution in [-0.4, -0.2) is 36.1 Å². The molecule has 1 unspecified atom stereocenters. The molecule has 4 nitrogen and oxygen atoms in total. The molecular formula is C25H36O4. The van der Waals surface area contributed by atoms with Crippen molar-refractivity contribution in [2.75, 3.05) is 19.8 Å². The summed E-state index contributed by atoms with van der Waals surface area (Å²) in [6.45, 7) is 15.9. The number of hydrogen-bond acceptors (Lipinski definition) is 4. The van der Waals surface area contributed by atoms with Gasteiger partial charge in [0.05, 0.1) is 6.61 Å². The molecule has 0 amide bonds. The SMILES string of the molecule is CCOCC(O)COc1c(C(C)(C)C)cc(-c2ccc(O)cc2)cc1C(C)(C)C. The minimum Gasteiger partial charge on any atom is -0.508 e. The largest absolute Gasteiger partial charge is 0.508 e. The second kappa shape index (κ2) is 9.19. The standard InChI is InChI=1S/C25H36O4/c1-8-28-15-20(27)16-29-23-21(24(2,3)4)13-18(14-22(23)25(5,6)7)17-9-11-19(26)12-10-17/h9-14,20,26-27H,8,15-16H2,1-7H3. The van der Waals surface area contributed by atoms with Crippen LogP contribution in [0.5, 0.6) is 11.5 Å². The number of hydrogen-bond donors (Lipinski definition) is 2. The van der Waals surface area contributed by atoms with E-state index in [1.807, 2.05) is 19.1 Å². The number of phenols is 1. The van der Waals surface area contributed by atoms with Crippen LogP contribution in [-0.2, 0) is 15.6 Å². The monoisotopic (exact) mass is 400 g/mol. The highest BCUT2D eigenvalue weighted by Crippen LogP contribution is 2.43. The maximum absolute atomic E-state index is 10.2. The Kier molecular flexibility index (Phi) is 7.36. The first-order valence-electron chi connectivity index (χ1n) is 10.3. The predicted octanol–water partition coefficient (Wildman–Crippen LogP) is 5.43. The molecule has 0 aliphatic heterocycles. The molecule has 2 N–H and O–H groups in total. The molecule has 2 aromatic rings. The average molecular weight is 401 g/mol. The van der Waals surface area contributed by atoms with Gasteiger partial charge in [-0.15, -0.1) is 0 Å². The molecule has 0 aliphatic carbocycles. The number of rotatable bonds is 7. The van der Waals surface area contributed by atoms with Gasteiger partial charge in [-0.1, -0.05) is 53.7 Å². The van der Waals surface area contributed by atoms with Gasteiger partial charge in [0.2, 0.25) is 0 Å². The number of aliphatic hydroxyl groups excluding tert-OH is 1. The van der Waals surface area contributed by atoms with Crippen LogP contribution in [0, 0.1) is 0 Å². The van der Waals surface area contributed by atoms with E-state index < -0.39 is 6.10 Å². The summed E-state index contributed by atoms with van der Waals surface area (Å²) in [5, 5.41) is 19.9. The number of ether oxygens (including phenoxy) is 2. The van der Waals surface area contributed by atoms with Crippen molar-refractivity contribution in [3.8, 4) is 22.6 Å². The molecule has 0 fully saturated rings. The molecule has 0 aromatic heterocycles. The number of phenolic OH excluding ortho intramolecular Hbond substituents is 1. The van der Waals surface area contributed by atoms with Crippen molar-refractivity contribution >= 4 is 0 Å². The Morgan fingerprint density at radius 2 is 1.34 bits per heavy atom. The van der Waals surface area contributed by atoms with Crippen LogP contribution >= 0.6 is 0 Å². The first-order valence-corrected chi connectivity index (χ1v) is 10.3. The third kappa shape index (κ3) is 6.22. The van der Waals surface area contributed by atoms with E-state index in [1.165, 1.54) is 0 Å². The first kappa shape index (κ1) is 23.2. The van der Waals surface area contributed by atoms with Crippen molar-refractivity contribution in [1.29, 1.82) is 0 Å². The Balaban J connectivity index is 2.56. The fourth-order valence-electron chi connectivity index (χ4n) is 3.20. The van der Waals surface area contributed by atoms with Crippen molar-refractivity contribution in [2.45, 2.75) is 65.4 Å². The van der Waals surface area contributed by atoms with E-state index in [9.17, 15) is 10.2 Å². The van der Waals surface area contributed by atoms with Gasteiger partial charge in [-0.2, -0.15) is 0 Å². The Morgan fingerprint density at radius 3 is 1.79 bits per heavy atom. The summed E-state index contributed by atoms with van der Waals surface area (Å²) in [6, 6.07) is 11.6. The third-order valence-corrected chi connectivity index (χ3v) is 4.84. The van der Waals surface area contributed by atoms with Crippen molar-refractivity contribution < 1.29 is 19.7 Å². The average Bonchev–Trinajstić information content (AvgIpc) is 2.63. The first-order chi connectivity index (χ1) is 13.4. The summed E-state index contributed by atoms with van der Waals surface area (Å²) < 4.78 is 11.5. The number of benzene rings is 2. The second-order valence-corrected chi connectivity index (χ2v) is 9.57. The summed E-state index contributed by atoms with van der Waals surface area (Å²) >= 11 is 0. The van der Waals surface area contributed by atoms with E-state index >= 15 is 0 Å². The van der Waals surface area contributed by atoms with Gasteiger partial charge in [0, 0.05) is 17.7 Å². The van der Waals surface area contributed by atoms with E-state index in [1.54, 1.807) is 12.1 Å². The predicted molar refractivity (Wildman–Crippen MR) is 119 cm³/mol. The lowest BCUT2D eigenvalue weighted by atomic mass is 9.77. The Bertz CT molecular complexity index is 760. The van der Waals surface area contributed by atoms with Crippen LogP contribution in [0.2, 0.25) is 0 Å². The van der Waals surface area contributed by atoms with Crippen molar-refractivity contribution in [1.82, 2.24) is 0 Å². The van der Waals surface area contributed by atoms with Crippen LogP contribution in [0.3, 0.4) is 0 Å². The van der Waals surface area contributed by atoms with E-state index in [2.05, 4.69) is 53.7 Å². The zero-order valence-corrected chi connectivity index (χ0v) is 18.9. The smallest absolute Gasteiger partial charge is 0.126 e. The maximum Gasteiger partial charge on any atom is 0.126 e. The van der Waals surface area contributed by atoms with Crippen LogP contribution in [0.25, 0.3) is 11.1 Å². The van der Waals surface area contributed by atoms with Gasteiger partial charge in [-0.3, -0.25) is 0 Å². The second-order valence-electron chi connectivity index (χ2n) is 9.57. The van der Waals surface area contributed by atoms with Crippen LogP contribution in [0.15, 0.2) is 36.4 Å². The molecule has 29 heavy (non-hydrogen) atoms. The molecule has 0 radical (unpaired) electrons. The minimum absolute atomic E-state index is 0.146. The lowest BCUT2D eigenvalue weighted by Gasteiger charge is -2.31. The highest BCUT2D eigenvalue weighted by molar-refractivity contribution is 5.69. The molecule has 160 valence electrons. The van der Waals surface area contributed by atoms with Gasteiger partial charge in [-0.05, 0) is 53.1 Å². The van der Waals surface area contributed by atoms with Crippen LogP contribution < -0.4 is 4.74 Å². The summed E-state index contributed by atoms with van der Waals surface area (Å²) in [4.78, 5) is 0. The van der Waals surface area contributed by atoms with Crippen molar-refractivity contribution in [3.05, 3.63) is 47.5 Å². The Morgan fingerprint density at radius 1 is 0.828 bits per heavy atom. The van der Waals surface area contributed by atoms with Gasteiger partial charge in [0.15, 0.2) is 0 Å². The normalized spacial score (nSPS) is 13.4. The van der Waals surface area contributed by atoms with Gasteiger partial charge >= 0.3 is 0 Å². The Hall–Kier alpha value is -2.04. The molecule has 1 atom stereocenters. The van der Waals surface area contributed by atoms with E-state index in [4.69, 9.17) is 9.47 Å². The lowest BCUT2D eigenvalue weighted by molar-refractivity contribution is 0.0157. The van der Waals surface area contributed by atoms with Gasteiger partial charge in [0.1, 0.15) is 24.2 Å². The molecule has 0 bridgehead atoms. The summed E-state index contributed by atoms with van der Waals surface area (Å²) in [6.07, 6.45) is -0.674.